The number of rotatable bonds is 5. The molecule has 0 radical (unpaired) electrons. The molecule has 0 bridgehead atoms. The smallest absolute Gasteiger partial charge is 0.338 e. The lowest BCUT2D eigenvalue weighted by Gasteiger charge is -2.18. The molecule has 28 heavy (non-hydrogen) atoms. The Morgan fingerprint density at radius 1 is 0.679 bits per heavy atom. The van der Waals surface area contributed by atoms with Gasteiger partial charge in [0.05, 0.1) is 52.1 Å². The van der Waals surface area contributed by atoms with E-state index in [-0.39, 0.29) is 11.1 Å². The van der Waals surface area contributed by atoms with Gasteiger partial charge in [-0.15, -0.1) is 0 Å². The van der Waals surface area contributed by atoms with Crippen molar-refractivity contribution in [3.63, 3.8) is 0 Å². The fourth-order valence-electron chi connectivity index (χ4n) is 3.37. The lowest BCUT2D eigenvalue weighted by molar-refractivity contribution is 0.0555. The Morgan fingerprint density at radius 3 is 1.68 bits per heavy atom. The summed E-state index contributed by atoms with van der Waals surface area (Å²) in [6.07, 6.45) is 0. The summed E-state index contributed by atoms with van der Waals surface area (Å²) in [5, 5.41) is 2.60. The highest BCUT2D eigenvalue weighted by Gasteiger charge is 2.25. The average Bonchev–Trinajstić information content (AvgIpc) is 2.74. The van der Waals surface area contributed by atoms with E-state index in [1.54, 1.807) is 25.3 Å². The Kier molecular flexibility index (Phi) is 5.26. The van der Waals surface area contributed by atoms with Gasteiger partial charge in [-0.1, -0.05) is 12.1 Å². The Balaban J connectivity index is 2.58. The summed E-state index contributed by atoms with van der Waals surface area (Å²) in [5.41, 5.74) is 0.140. The quantitative estimate of drug-likeness (QED) is 0.491. The van der Waals surface area contributed by atoms with Crippen LogP contribution in [0.4, 0.5) is 0 Å². The monoisotopic (exact) mass is 384 g/mol. The van der Waals surface area contributed by atoms with Gasteiger partial charge in [-0.2, -0.15) is 0 Å². The standard InChI is InChI=1S/C21H20O7/c1-24-16-8-6-7-11-17(16)19(26-3)13-10-15(21(23)28-5)14(20(22)27-4)9-12(13)18(11)25-2/h6-10H,1-5H3. The summed E-state index contributed by atoms with van der Waals surface area (Å²) in [7, 11) is 7.11. The van der Waals surface area contributed by atoms with Crippen molar-refractivity contribution >= 4 is 33.5 Å². The molecule has 0 aliphatic carbocycles. The Bertz CT molecular complexity index is 1090. The van der Waals surface area contributed by atoms with Crippen molar-refractivity contribution in [2.45, 2.75) is 0 Å². The fraction of sp³-hybridized carbons (Fsp3) is 0.238. The maximum atomic E-state index is 12.3. The zero-order chi connectivity index (χ0) is 20.4. The van der Waals surface area contributed by atoms with E-state index in [0.29, 0.717) is 33.4 Å². The Morgan fingerprint density at radius 2 is 1.21 bits per heavy atom. The zero-order valence-electron chi connectivity index (χ0n) is 16.2. The van der Waals surface area contributed by atoms with Crippen LogP contribution in [0.1, 0.15) is 20.7 Å². The molecule has 0 amide bonds. The van der Waals surface area contributed by atoms with Crippen molar-refractivity contribution < 1.29 is 33.3 Å². The number of fused-ring (bicyclic) bond motifs is 2. The molecule has 0 saturated heterocycles. The number of carbonyl (C=O) groups is 2. The van der Waals surface area contributed by atoms with Crippen LogP contribution in [0, 0.1) is 0 Å². The molecule has 3 aromatic carbocycles. The first-order valence-corrected chi connectivity index (χ1v) is 8.37. The second-order valence-corrected chi connectivity index (χ2v) is 5.88. The van der Waals surface area contributed by atoms with Gasteiger partial charge in [0.15, 0.2) is 0 Å². The molecule has 146 valence electrons. The molecule has 0 atom stereocenters. The summed E-state index contributed by atoms with van der Waals surface area (Å²) in [6.45, 7) is 0. The molecule has 0 unspecified atom stereocenters. The molecule has 3 rings (SSSR count). The molecule has 0 N–H and O–H groups in total. The lowest BCUT2D eigenvalue weighted by Crippen LogP contribution is -2.12. The maximum absolute atomic E-state index is 12.3. The third-order valence-corrected chi connectivity index (χ3v) is 4.58. The molecular formula is C21H20O7. The first-order valence-electron chi connectivity index (χ1n) is 8.37. The van der Waals surface area contributed by atoms with E-state index in [2.05, 4.69) is 0 Å². The molecule has 3 aromatic rings. The first kappa shape index (κ1) is 19.3. The van der Waals surface area contributed by atoms with E-state index in [1.165, 1.54) is 28.4 Å². The van der Waals surface area contributed by atoms with E-state index < -0.39 is 11.9 Å². The number of ether oxygens (including phenoxy) is 5. The molecule has 0 aromatic heterocycles. The molecule has 0 heterocycles. The van der Waals surface area contributed by atoms with Crippen LogP contribution in [0.25, 0.3) is 21.5 Å². The van der Waals surface area contributed by atoms with Gasteiger partial charge in [0, 0.05) is 16.2 Å². The van der Waals surface area contributed by atoms with Crippen molar-refractivity contribution in [3.8, 4) is 17.2 Å². The Hall–Kier alpha value is -3.48. The maximum Gasteiger partial charge on any atom is 0.338 e. The molecule has 0 spiro atoms. The SMILES string of the molecule is COC(=O)c1cc2c(OC)c3cccc(OC)c3c(OC)c2cc1C(=O)OC. The van der Waals surface area contributed by atoms with Gasteiger partial charge in [-0.05, 0) is 18.2 Å². The van der Waals surface area contributed by atoms with Crippen molar-refractivity contribution in [1.82, 2.24) is 0 Å². The van der Waals surface area contributed by atoms with Crippen LogP contribution in [-0.2, 0) is 9.47 Å². The average molecular weight is 384 g/mol. The van der Waals surface area contributed by atoms with Gasteiger partial charge in [-0.25, -0.2) is 9.59 Å². The van der Waals surface area contributed by atoms with E-state index >= 15 is 0 Å². The van der Waals surface area contributed by atoms with Gasteiger partial charge in [0.1, 0.15) is 17.2 Å². The lowest BCUT2D eigenvalue weighted by atomic mass is 9.95. The van der Waals surface area contributed by atoms with E-state index in [0.717, 1.165) is 5.39 Å². The minimum absolute atomic E-state index is 0.0662. The van der Waals surface area contributed by atoms with Crippen molar-refractivity contribution in [2.24, 2.45) is 0 Å². The third-order valence-electron chi connectivity index (χ3n) is 4.58. The second-order valence-electron chi connectivity index (χ2n) is 5.88. The number of methoxy groups -OCH3 is 5. The molecule has 0 aliphatic heterocycles. The predicted molar refractivity (Wildman–Crippen MR) is 104 cm³/mol. The van der Waals surface area contributed by atoms with Crippen LogP contribution in [0.15, 0.2) is 30.3 Å². The van der Waals surface area contributed by atoms with Gasteiger partial charge in [-0.3, -0.25) is 0 Å². The van der Waals surface area contributed by atoms with Gasteiger partial charge < -0.3 is 23.7 Å². The summed E-state index contributed by atoms with van der Waals surface area (Å²) >= 11 is 0. The number of benzene rings is 3. The van der Waals surface area contributed by atoms with Gasteiger partial charge in [0.25, 0.3) is 0 Å². The minimum Gasteiger partial charge on any atom is -0.496 e. The largest absolute Gasteiger partial charge is 0.496 e. The molecule has 7 nitrogen and oxygen atoms in total. The number of esters is 2. The Labute approximate surface area is 161 Å². The van der Waals surface area contributed by atoms with Crippen molar-refractivity contribution in [3.05, 3.63) is 41.5 Å². The number of hydrogen-bond donors (Lipinski definition) is 0. The van der Waals surface area contributed by atoms with Crippen LogP contribution in [0.2, 0.25) is 0 Å². The minimum atomic E-state index is -0.663. The normalized spacial score (nSPS) is 10.6. The molecule has 0 fully saturated rings. The fourth-order valence-corrected chi connectivity index (χ4v) is 3.37. The molecule has 0 aliphatic rings. The van der Waals surface area contributed by atoms with Crippen molar-refractivity contribution in [1.29, 1.82) is 0 Å². The summed E-state index contributed by atoms with van der Waals surface area (Å²) in [4.78, 5) is 24.6. The zero-order valence-corrected chi connectivity index (χ0v) is 16.2. The van der Waals surface area contributed by atoms with Crippen LogP contribution in [0.5, 0.6) is 17.2 Å². The highest BCUT2D eigenvalue weighted by atomic mass is 16.5. The summed E-state index contributed by atoms with van der Waals surface area (Å²) < 4.78 is 26.5. The van der Waals surface area contributed by atoms with Crippen molar-refractivity contribution in [2.75, 3.05) is 35.5 Å². The van der Waals surface area contributed by atoms with Crippen LogP contribution in [0.3, 0.4) is 0 Å². The molecule has 7 heteroatoms. The van der Waals surface area contributed by atoms with E-state index in [1.807, 2.05) is 12.1 Å². The summed E-state index contributed by atoms with van der Waals surface area (Å²) in [6, 6.07) is 8.60. The van der Waals surface area contributed by atoms with E-state index in [4.69, 9.17) is 23.7 Å². The first-order chi connectivity index (χ1) is 13.5. The van der Waals surface area contributed by atoms with Crippen LogP contribution >= 0.6 is 0 Å². The van der Waals surface area contributed by atoms with Crippen LogP contribution < -0.4 is 14.2 Å². The highest BCUT2D eigenvalue weighted by molar-refractivity contribution is 6.17. The second kappa shape index (κ2) is 7.64. The molecular weight excluding hydrogens is 364 g/mol. The van der Waals surface area contributed by atoms with Gasteiger partial charge in [0.2, 0.25) is 0 Å². The highest BCUT2D eigenvalue weighted by Crippen LogP contribution is 2.47. The third kappa shape index (κ3) is 2.85. The number of hydrogen-bond acceptors (Lipinski definition) is 7. The summed E-state index contributed by atoms with van der Waals surface area (Å²) in [5.74, 6) is 0.278. The predicted octanol–water partition coefficient (Wildman–Crippen LogP) is 3.59. The number of carbonyl (C=O) groups excluding carboxylic acids is 2. The van der Waals surface area contributed by atoms with Gasteiger partial charge >= 0.3 is 11.9 Å². The topological polar surface area (TPSA) is 80.3 Å². The molecule has 0 saturated carbocycles. The van der Waals surface area contributed by atoms with E-state index in [9.17, 15) is 9.59 Å². The van der Waals surface area contributed by atoms with Crippen LogP contribution in [-0.4, -0.2) is 47.5 Å².